The summed E-state index contributed by atoms with van der Waals surface area (Å²) in [5.41, 5.74) is 1.44. The van der Waals surface area contributed by atoms with Gasteiger partial charge in [-0.3, -0.25) is 0 Å². The van der Waals surface area contributed by atoms with Crippen molar-refractivity contribution in [1.82, 2.24) is 4.98 Å². The van der Waals surface area contributed by atoms with Crippen LogP contribution in [0.1, 0.15) is 15.6 Å². The highest BCUT2D eigenvalue weighted by Crippen LogP contribution is 2.23. The third kappa shape index (κ3) is 2.79. The summed E-state index contributed by atoms with van der Waals surface area (Å²) in [6.07, 6.45) is 0. The predicted molar refractivity (Wildman–Crippen MR) is 71.9 cm³/mol. The number of ether oxygens (including phenoxy) is 1. The van der Waals surface area contributed by atoms with Crippen molar-refractivity contribution in [2.75, 3.05) is 12.4 Å². The van der Waals surface area contributed by atoms with Crippen LogP contribution < -0.4 is 10.1 Å². The molecule has 0 aliphatic rings. The molecule has 2 rings (SSSR count). The second kappa shape index (κ2) is 5.35. The lowest BCUT2D eigenvalue weighted by molar-refractivity contribution is 0.414. The van der Waals surface area contributed by atoms with Gasteiger partial charge in [-0.25, -0.2) is 9.37 Å². The average Bonchev–Trinajstić information content (AvgIpc) is 2.67. The summed E-state index contributed by atoms with van der Waals surface area (Å²) >= 11 is 1.62. The van der Waals surface area contributed by atoms with Crippen LogP contribution in [0.3, 0.4) is 0 Å². The lowest BCUT2D eigenvalue weighted by atomic mass is 10.2. The molecule has 1 aromatic carbocycles. The van der Waals surface area contributed by atoms with E-state index in [4.69, 9.17) is 4.74 Å². The van der Waals surface area contributed by atoms with Gasteiger partial charge in [-0.1, -0.05) is 0 Å². The molecule has 1 N–H and O–H groups in total. The molecule has 3 nitrogen and oxygen atoms in total. The highest BCUT2D eigenvalue weighted by Gasteiger charge is 2.07. The second-order valence-corrected chi connectivity index (χ2v) is 5.23. The Balaban J connectivity index is 2.12. The first-order valence-electron chi connectivity index (χ1n) is 5.60. The molecule has 0 spiro atoms. The van der Waals surface area contributed by atoms with Crippen LogP contribution in [0.5, 0.6) is 5.75 Å². The third-order valence-corrected chi connectivity index (χ3v) is 3.69. The SMILES string of the molecule is COc1ccc(F)c(NCc2sc(C)nc2C)c1. The molecule has 0 bridgehead atoms. The number of aromatic nitrogens is 1. The lowest BCUT2D eigenvalue weighted by Crippen LogP contribution is -2.01. The molecule has 1 aromatic heterocycles. The van der Waals surface area contributed by atoms with Gasteiger partial charge >= 0.3 is 0 Å². The van der Waals surface area contributed by atoms with Crippen molar-refractivity contribution < 1.29 is 9.13 Å². The van der Waals surface area contributed by atoms with Crippen LogP contribution in [0, 0.1) is 19.7 Å². The van der Waals surface area contributed by atoms with E-state index in [0.29, 0.717) is 18.0 Å². The highest BCUT2D eigenvalue weighted by atomic mass is 32.1. The summed E-state index contributed by atoms with van der Waals surface area (Å²) in [6.45, 7) is 4.50. The zero-order chi connectivity index (χ0) is 13.1. The maximum absolute atomic E-state index is 13.6. The molecule has 18 heavy (non-hydrogen) atoms. The van der Waals surface area contributed by atoms with Crippen molar-refractivity contribution in [2.24, 2.45) is 0 Å². The smallest absolute Gasteiger partial charge is 0.146 e. The Morgan fingerprint density at radius 3 is 2.78 bits per heavy atom. The van der Waals surface area contributed by atoms with Crippen molar-refractivity contribution in [3.63, 3.8) is 0 Å². The van der Waals surface area contributed by atoms with E-state index in [9.17, 15) is 4.39 Å². The van der Waals surface area contributed by atoms with Gasteiger partial charge in [-0.2, -0.15) is 0 Å². The van der Waals surface area contributed by atoms with Crippen molar-refractivity contribution in [2.45, 2.75) is 20.4 Å². The molecule has 2 aromatic rings. The van der Waals surface area contributed by atoms with E-state index in [-0.39, 0.29) is 5.82 Å². The Kier molecular flexibility index (Phi) is 3.81. The summed E-state index contributed by atoms with van der Waals surface area (Å²) < 4.78 is 18.7. The van der Waals surface area contributed by atoms with Gasteiger partial charge in [0.15, 0.2) is 0 Å². The van der Waals surface area contributed by atoms with Crippen LogP contribution in [0.25, 0.3) is 0 Å². The van der Waals surface area contributed by atoms with Crippen molar-refractivity contribution in [3.05, 3.63) is 39.6 Å². The molecule has 0 aliphatic carbocycles. The van der Waals surface area contributed by atoms with Crippen molar-refractivity contribution in [1.29, 1.82) is 0 Å². The summed E-state index contributed by atoms with van der Waals surface area (Å²) in [7, 11) is 1.56. The molecular weight excluding hydrogens is 251 g/mol. The van der Waals surface area contributed by atoms with E-state index in [1.807, 2.05) is 13.8 Å². The molecule has 0 radical (unpaired) electrons. The van der Waals surface area contributed by atoms with Gasteiger partial charge in [0.2, 0.25) is 0 Å². The van der Waals surface area contributed by atoms with E-state index in [0.717, 1.165) is 15.6 Å². The molecule has 1 heterocycles. The quantitative estimate of drug-likeness (QED) is 0.919. The fourth-order valence-corrected chi connectivity index (χ4v) is 2.56. The molecule has 5 heteroatoms. The number of halogens is 1. The van der Waals surface area contributed by atoms with Crippen molar-refractivity contribution >= 4 is 17.0 Å². The maximum Gasteiger partial charge on any atom is 0.146 e. The average molecular weight is 266 g/mol. The molecule has 0 unspecified atom stereocenters. The van der Waals surface area contributed by atoms with Gasteiger partial charge in [-0.15, -0.1) is 11.3 Å². The number of nitrogens with one attached hydrogen (secondary N) is 1. The summed E-state index contributed by atoms with van der Waals surface area (Å²) in [6, 6.07) is 4.65. The van der Waals surface area contributed by atoms with E-state index < -0.39 is 0 Å². The van der Waals surface area contributed by atoms with Gasteiger partial charge in [0.05, 0.1) is 30.0 Å². The summed E-state index contributed by atoms with van der Waals surface area (Å²) in [4.78, 5) is 5.46. The molecule has 0 saturated carbocycles. The Morgan fingerprint density at radius 1 is 1.39 bits per heavy atom. The monoisotopic (exact) mass is 266 g/mol. The normalized spacial score (nSPS) is 10.4. The Labute approximate surface area is 110 Å². The van der Waals surface area contributed by atoms with Gasteiger partial charge < -0.3 is 10.1 Å². The molecule has 96 valence electrons. The number of benzene rings is 1. The van der Waals surface area contributed by atoms with Gasteiger partial charge in [0, 0.05) is 10.9 Å². The van der Waals surface area contributed by atoms with Gasteiger partial charge in [0.25, 0.3) is 0 Å². The minimum Gasteiger partial charge on any atom is -0.497 e. The number of hydrogen-bond donors (Lipinski definition) is 1. The van der Waals surface area contributed by atoms with Gasteiger partial charge in [-0.05, 0) is 26.0 Å². The number of methoxy groups -OCH3 is 1. The summed E-state index contributed by atoms with van der Waals surface area (Å²) in [5, 5.41) is 4.10. The predicted octanol–water partition coefficient (Wildman–Crippen LogP) is 3.52. The van der Waals surface area contributed by atoms with Crippen LogP contribution in [0.15, 0.2) is 18.2 Å². The zero-order valence-corrected chi connectivity index (χ0v) is 11.4. The van der Waals surface area contributed by atoms with Crippen LogP contribution in [0.2, 0.25) is 0 Å². The summed E-state index contributed by atoms with van der Waals surface area (Å²) in [5.74, 6) is 0.353. The Hall–Kier alpha value is -1.62. The minimum atomic E-state index is -0.283. The van der Waals surface area contributed by atoms with Crippen LogP contribution in [0.4, 0.5) is 10.1 Å². The van der Waals surface area contributed by atoms with E-state index in [2.05, 4.69) is 10.3 Å². The number of rotatable bonds is 4. The number of hydrogen-bond acceptors (Lipinski definition) is 4. The zero-order valence-electron chi connectivity index (χ0n) is 10.6. The highest BCUT2D eigenvalue weighted by molar-refractivity contribution is 7.11. The number of thiazole rings is 1. The largest absolute Gasteiger partial charge is 0.497 e. The number of aryl methyl sites for hydroxylation is 2. The standard InChI is InChI=1S/C13H15FN2OS/c1-8-13(18-9(2)16-8)7-15-12-6-10(17-3)4-5-11(12)14/h4-6,15H,7H2,1-3H3. The molecule has 0 saturated heterocycles. The van der Waals surface area contributed by atoms with Crippen molar-refractivity contribution in [3.8, 4) is 5.75 Å². The van der Waals surface area contributed by atoms with E-state index in [1.165, 1.54) is 6.07 Å². The second-order valence-electron chi connectivity index (χ2n) is 3.94. The molecule has 0 atom stereocenters. The van der Waals surface area contributed by atoms with Crippen LogP contribution in [-0.4, -0.2) is 12.1 Å². The van der Waals surface area contributed by atoms with Crippen LogP contribution in [-0.2, 0) is 6.54 Å². The Morgan fingerprint density at radius 2 is 2.17 bits per heavy atom. The van der Waals surface area contributed by atoms with Gasteiger partial charge in [0.1, 0.15) is 11.6 Å². The van der Waals surface area contributed by atoms with E-state index >= 15 is 0 Å². The first-order valence-corrected chi connectivity index (χ1v) is 6.42. The number of anilines is 1. The first kappa shape index (κ1) is 12.8. The molecule has 0 aliphatic heterocycles. The minimum absolute atomic E-state index is 0.283. The molecule has 0 fully saturated rings. The maximum atomic E-state index is 13.6. The Bertz CT molecular complexity index is 554. The third-order valence-electron chi connectivity index (χ3n) is 2.61. The van der Waals surface area contributed by atoms with E-state index in [1.54, 1.807) is 30.6 Å². The molecular formula is C13H15FN2OS. The fraction of sp³-hybridized carbons (Fsp3) is 0.308. The lowest BCUT2D eigenvalue weighted by Gasteiger charge is -2.08. The number of nitrogens with zero attached hydrogens (tertiary/aromatic N) is 1. The fourth-order valence-electron chi connectivity index (χ4n) is 1.68. The molecule has 0 amide bonds. The van der Waals surface area contributed by atoms with Crippen LogP contribution >= 0.6 is 11.3 Å². The first-order chi connectivity index (χ1) is 8.60. The topological polar surface area (TPSA) is 34.1 Å².